The molecule has 2 rings (SSSR count). The standard InChI is InChI=1S/C15H25N3/c1-12(2)9-16-10-14-8-13(3)15(17-11-14)18-6-4-5-7-18/h8,11-12,16H,4-7,9-10H2,1-3H3. The summed E-state index contributed by atoms with van der Waals surface area (Å²) in [6, 6.07) is 2.27. The highest BCUT2D eigenvalue weighted by molar-refractivity contribution is 5.48. The normalized spacial score (nSPS) is 15.7. The zero-order valence-electron chi connectivity index (χ0n) is 11.9. The van der Waals surface area contributed by atoms with Crippen molar-refractivity contribution in [1.82, 2.24) is 10.3 Å². The Morgan fingerprint density at radius 2 is 2.06 bits per heavy atom. The number of hydrogen-bond acceptors (Lipinski definition) is 3. The third-order valence-corrected chi connectivity index (χ3v) is 3.39. The number of aryl methyl sites for hydroxylation is 1. The molecule has 0 radical (unpaired) electrons. The first kappa shape index (κ1) is 13.3. The number of rotatable bonds is 5. The fourth-order valence-electron chi connectivity index (χ4n) is 2.49. The predicted molar refractivity (Wildman–Crippen MR) is 77.0 cm³/mol. The Kier molecular flexibility index (Phi) is 4.59. The summed E-state index contributed by atoms with van der Waals surface area (Å²) in [7, 11) is 0. The van der Waals surface area contributed by atoms with Crippen molar-refractivity contribution in [3.63, 3.8) is 0 Å². The van der Waals surface area contributed by atoms with Gasteiger partial charge < -0.3 is 10.2 Å². The maximum absolute atomic E-state index is 4.64. The average molecular weight is 247 g/mol. The number of hydrogen-bond donors (Lipinski definition) is 1. The molecule has 0 unspecified atom stereocenters. The van der Waals surface area contributed by atoms with Crippen molar-refractivity contribution in [2.45, 2.75) is 40.2 Å². The SMILES string of the molecule is Cc1cc(CNCC(C)C)cnc1N1CCCC1. The minimum absolute atomic E-state index is 0.697. The third kappa shape index (κ3) is 3.45. The van der Waals surface area contributed by atoms with Crippen LogP contribution in [-0.2, 0) is 6.54 Å². The molecule has 0 aromatic carbocycles. The lowest BCUT2D eigenvalue weighted by Gasteiger charge is -2.19. The molecule has 0 saturated carbocycles. The third-order valence-electron chi connectivity index (χ3n) is 3.39. The molecule has 0 bridgehead atoms. The maximum Gasteiger partial charge on any atom is 0.131 e. The van der Waals surface area contributed by atoms with Gasteiger partial charge in [0, 0.05) is 25.8 Å². The van der Waals surface area contributed by atoms with E-state index in [1.807, 2.05) is 6.20 Å². The lowest BCUT2D eigenvalue weighted by atomic mass is 10.2. The van der Waals surface area contributed by atoms with E-state index in [1.165, 1.54) is 42.9 Å². The lowest BCUT2D eigenvalue weighted by Crippen LogP contribution is -2.21. The van der Waals surface area contributed by atoms with Gasteiger partial charge in [0.1, 0.15) is 5.82 Å². The molecule has 0 amide bonds. The second kappa shape index (κ2) is 6.19. The van der Waals surface area contributed by atoms with E-state index < -0.39 is 0 Å². The van der Waals surface area contributed by atoms with Crippen molar-refractivity contribution >= 4 is 5.82 Å². The fourth-order valence-corrected chi connectivity index (χ4v) is 2.49. The fraction of sp³-hybridized carbons (Fsp3) is 0.667. The van der Waals surface area contributed by atoms with E-state index in [9.17, 15) is 0 Å². The van der Waals surface area contributed by atoms with Crippen LogP contribution in [-0.4, -0.2) is 24.6 Å². The Hall–Kier alpha value is -1.09. The van der Waals surface area contributed by atoms with Crippen molar-refractivity contribution in [3.8, 4) is 0 Å². The molecule has 1 aliphatic heterocycles. The van der Waals surface area contributed by atoms with E-state index in [1.54, 1.807) is 0 Å². The molecule has 1 aromatic heterocycles. The monoisotopic (exact) mass is 247 g/mol. The van der Waals surface area contributed by atoms with Gasteiger partial charge in [-0.2, -0.15) is 0 Å². The van der Waals surface area contributed by atoms with Crippen LogP contribution >= 0.6 is 0 Å². The van der Waals surface area contributed by atoms with Crippen LogP contribution in [0.1, 0.15) is 37.8 Å². The number of pyridine rings is 1. The molecule has 0 aliphatic carbocycles. The number of nitrogens with zero attached hydrogens (tertiary/aromatic N) is 2. The summed E-state index contributed by atoms with van der Waals surface area (Å²) in [4.78, 5) is 7.05. The Bertz CT molecular complexity index is 381. The second-order valence-electron chi connectivity index (χ2n) is 5.70. The highest BCUT2D eigenvalue weighted by Crippen LogP contribution is 2.22. The van der Waals surface area contributed by atoms with E-state index >= 15 is 0 Å². The number of anilines is 1. The van der Waals surface area contributed by atoms with Crippen LogP contribution in [0.2, 0.25) is 0 Å². The average Bonchev–Trinajstić information content (AvgIpc) is 2.82. The smallest absolute Gasteiger partial charge is 0.131 e. The van der Waals surface area contributed by atoms with Gasteiger partial charge in [0.15, 0.2) is 0 Å². The van der Waals surface area contributed by atoms with Crippen LogP contribution in [0.5, 0.6) is 0 Å². The summed E-state index contributed by atoms with van der Waals surface area (Å²) in [5.74, 6) is 1.88. The molecule has 3 heteroatoms. The maximum atomic E-state index is 4.64. The first-order valence-electron chi connectivity index (χ1n) is 7.08. The van der Waals surface area contributed by atoms with E-state index in [-0.39, 0.29) is 0 Å². The first-order chi connectivity index (χ1) is 8.66. The summed E-state index contributed by atoms with van der Waals surface area (Å²) in [5.41, 5.74) is 2.59. The topological polar surface area (TPSA) is 28.2 Å². The minimum atomic E-state index is 0.697. The van der Waals surface area contributed by atoms with Gasteiger partial charge in [-0.3, -0.25) is 0 Å². The molecule has 100 valence electrons. The van der Waals surface area contributed by atoms with Gasteiger partial charge >= 0.3 is 0 Å². The van der Waals surface area contributed by atoms with E-state index in [4.69, 9.17) is 0 Å². The molecule has 1 saturated heterocycles. The van der Waals surface area contributed by atoms with Gasteiger partial charge in [-0.1, -0.05) is 13.8 Å². The van der Waals surface area contributed by atoms with Crippen LogP contribution in [0, 0.1) is 12.8 Å². The van der Waals surface area contributed by atoms with Crippen LogP contribution in [0.15, 0.2) is 12.3 Å². The molecular formula is C15H25N3. The van der Waals surface area contributed by atoms with Crippen molar-refractivity contribution in [3.05, 3.63) is 23.4 Å². The molecule has 18 heavy (non-hydrogen) atoms. The summed E-state index contributed by atoms with van der Waals surface area (Å²) >= 11 is 0. The Labute approximate surface area is 111 Å². The summed E-state index contributed by atoms with van der Waals surface area (Å²) < 4.78 is 0. The molecule has 1 fully saturated rings. The van der Waals surface area contributed by atoms with Crippen molar-refractivity contribution in [2.75, 3.05) is 24.5 Å². The highest BCUT2D eigenvalue weighted by atomic mass is 15.2. The van der Waals surface area contributed by atoms with Crippen molar-refractivity contribution < 1.29 is 0 Å². The zero-order chi connectivity index (χ0) is 13.0. The van der Waals surface area contributed by atoms with Crippen molar-refractivity contribution in [2.24, 2.45) is 5.92 Å². The molecule has 0 spiro atoms. The summed E-state index contributed by atoms with van der Waals surface area (Å²) in [6.07, 6.45) is 4.63. The van der Waals surface area contributed by atoms with Gasteiger partial charge in [0.25, 0.3) is 0 Å². The number of aromatic nitrogens is 1. The lowest BCUT2D eigenvalue weighted by molar-refractivity contribution is 0.552. The van der Waals surface area contributed by atoms with Gasteiger partial charge in [-0.25, -0.2) is 4.98 Å². The number of nitrogens with one attached hydrogen (secondary N) is 1. The Morgan fingerprint density at radius 1 is 1.33 bits per heavy atom. The molecule has 2 heterocycles. The van der Waals surface area contributed by atoms with Crippen molar-refractivity contribution in [1.29, 1.82) is 0 Å². The quantitative estimate of drug-likeness (QED) is 0.867. The summed E-state index contributed by atoms with van der Waals surface area (Å²) in [6.45, 7) is 10.9. The van der Waals surface area contributed by atoms with Crippen LogP contribution < -0.4 is 10.2 Å². The molecular weight excluding hydrogens is 222 g/mol. The van der Waals surface area contributed by atoms with Gasteiger partial charge in [-0.05, 0) is 49.4 Å². The Balaban J connectivity index is 1.96. The van der Waals surface area contributed by atoms with Crippen LogP contribution in [0.4, 0.5) is 5.82 Å². The molecule has 3 nitrogen and oxygen atoms in total. The molecule has 1 aromatic rings. The zero-order valence-corrected chi connectivity index (χ0v) is 11.9. The largest absolute Gasteiger partial charge is 0.356 e. The van der Waals surface area contributed by atoms with Gasteiger partial charge in [0.2, 0.25) is 0 Å². The van der Waals surface area contributed by atoms with Gasteiger partial charge in [0.05, 0.1) is 0 Å². The van der Waals surface area contributed by atoms with Crippen LogP contribution in [0.25, 0.3) is 0 Å². The second-order valence-corrected chi connectivity index (χ2v) is 5.70. The summed E-state index contributed by atoms with van der Waals surface area (Å²) in [5, 5.41) is 3.46. The molecule has 1 aliphatic rings. The van der Waals surface area contributed by atoms with Crippen LogP contribution in [0.3, 0.4) is 0 Å². The highest BCUT2D eigenvalue weighted by Gasteiger charge is 2.15. The van der Waals surface area contributed by atoms with E-state index in [0.29, 0.717) is 5.92 Å². The minimum Gasteiger partial charge on any atom is -0.356 e. The molecule has 0 atom stereocenters. The Morgan fingerprint density at radius 3 is 2.67 bits per heavy atom. The molecule has 1 N–H and O–H groups in total. The van der Waals surface area contributed by atoms with E-state index in [0.717, 1.165) is 13.1 Å². The predicted octanol–water partition coefficient (Wildman–Crippen LogP) is 2.74. The van der Waals surface area contributed by atoms with Gasteiger partial charge in [-0.15, -0.1) is 0 Å². The first-order valence-corrected chi connectivity index (χ1v) is 7.08. The van der Waals surface area contributed by atoms with E-state index in [2.05, 4.69) is 42.0 Å².